The summed E-state index contributed by atoms with van der Waals surface area (Å²) < 4.78 is 0. The maximum Gasteiger partial charge on any atom is 0.216 e. The molecule has 6 nitrogen and oxygen atoms in total. The van der Waals surface area contributed by atoms with Crippen LogP contribution in [0.1, 0.15) is 25.5 Å². The van der Waals surface area contributed by atoms with Crippen LogP contribution in [0.5, 0.6) is 0 Å². The Kier molecular flexibility index (Phi) is 5.31. The molecule has 110 valence electrons. The van der Waals surface area contributed by atoms with Crippen molar-refractivity contribution < 1.29 is 4.79 Å². The van der Waals surface area contributed by atoms with Gasteiger partial charge in [0, 0.05) is 20.0 Å². The molecule has 1 fully saturated rings. The minimum absolute atomic E-state index is 0.0581. The van der Waals surface area contributed by atoms with Gasteiger partial charge in [-0.3, -0.25) is 9.69 Å². The summed E-state index contributed by atoms with van der Waals surface area (Å²) in [6.45, 7) is 5.31. The number of nitrogens with two attached hydrogens (primary N) is 1. The molecule has 0 unspecified atom stereocenters. The normalized spacial score (nSPS) is 16.9. The number of hydrazine groups is 1. The lowest BCUT2D eigenvalue weighted by molar-refractivity contribution is -0.119. The first-order chi connectivity index (χ1) is 9.67. The Hall–Kier alpha value is -1.66. The molecule has 1 amide bonds. The van der Waals surface area contributed by atoms with E-state index < -0.39 is 0 Å². The Morgan fingerprint density at radius 2 is 2.20 bits per heavy atom. The third kappa shape index (κ3) is 4.47. The van der Waals surface area contributed by atoms with Crippen LogP contribution < -0.4 is 16.6 Å². The van der Waals surface area contributed by atoms with Crippen LogP contribution in [0.4, 0.5) is 5.82 Å². The fourth-order valence-electron chi connectivity index (χ4n) is 2.51. The smallest absolute Gasteiger partial charge is 0.216 e. The number of carbonyl (C=O) groups excluding carboxylic acids is 1. The Labute approximate surface area is 119 Å². The Morgan fingerprint density at radius 1 is 1.45 bits per heavy atom. The zero-order valence-electron chi connectivity index (χ0n) is 11.9. The van der Waals surface area contributed by atoms with E-state index in [1.54, 1.807) is 6.92 Å². The molecule has 0 bridgehead atoms. The molecule has 6 heteroatoms. The van der Waals surface area contributed by atoms with E-state index in [0.29, 0.717) is 11.7 Å². The SMILES string of the molecule is CC(=O)NCC1CCN(Cc2cccc(NN)n2)CC1. The van der Waals surface area contributed by atoms with E-state index in [0.717, 1.165) is 44.7 Å². The first kappa shape index (κ1) is 14.7. The number of nitrogens with one attached hydrogen (secondary N) is 2. The molecule has 1 aromatic rings. The predicted octanol–water partition coefficient (Wildman–Crippen LogP) is 0.715. The van der Waals surface area contributed by atoms with Gasteiger partial charge in [-0.05, 0) is 44.0 Å². The summed E-state index contributed by atoms with van der Waals surface area (Å²) in [5.74, 6) is 6.72. The molecule has 0 atom stereocenters. The Balaban J connectivity index is 1.77. The molecule has 1 aliphatic heterocycles. The van der Waals surface area contributed by atoms with Gasteiger partial charge < -0.3 is 10.7 Å². The van der Waals surface area contributed by atoms with Crippen LogP contribution in [0.3, 0.4) is 0 Å². The van der Waals surface area contributed by atoms with Crippen molar-refractivity contribution in [2.24, 2.45) is 11.8 Å². The van der Waals surface area contributed by atoms with E-state index in [1.165, 1.54) is 0 Å². The number of piperidine rings is 1. The number of nitrogens with zero attached hydrogens (tertiary/aromatic N) is 2. The maximum atomic E-state index is 10.9. The van der Waals surface area contributed by atoms with Gasteiger partial charge in [0.25, 0.3) is 0 Å². The molecule has 0 aromatic carbocycles. The summed E-state index contributed by atoms with van der Waals surface area (Å²) in [5, 5.41) is 2.90. The van der Waals surface area contributed by atoms with Crippen molar-refractivity contribution in [2.45, 2.75) is 26.3 Å². The lowest BCUT2D eigenvalue weighted by atomic mass is 9.96. The van der Waals surface area contributed by atoms with Crippen molar-refractivity contribution in [1.82, 2.24) is 15.2 Å². The van der Waals surface area contributed by atoms with E-state index >= 15 is 0 Å². The van der Waals surface area contributed by atoms with Gasteiger partial charge in [-0.1, -0.05) is 6.07 Å². The van der Waals surface area contributed by atoms with Gasteiger partial charge in [0.2, 0.25) is 5.91 Å². The highest BCUT2D eigenvalue weighted by Gasteiger charge is 2.19. The predicted molar refractivity (Wildman–Crippen MR) is 78.7 cm³/mol. The summed E-state index contributed by atoms with van der Waals surface area (Å²) in [7, 11) is 0. The molecule has 0 aliphatic carbocycles. The van der Waals surface area contributed by atoms with E-state index in [2.05, 4.69) is 20.6 Å². The van der Waals surface area contributed by atoms with Crippen molar-refractivity contribution in [2.75, 3.05) is 25.1 Å². The maximum absolute atomic E-state index is 10.9. The molecule has 1 aliphatic rings. The molecule has 4 N–H and O–H groups in total. The molecule has 0 radical (unpaired) electrons. The van der Waals surface area contributed by atoms with Gasteiger partial charge in [-0.15, -0.1) is 0 Å². The van der Waals surface area contributed by atoms with Gasteiger partial charge in [0.1, 0.15) is 5.82 Å². The molecular weight excluding hydrogens is 254 g/mol. The van der Waals surface area contributed by atoms with Gasteiger partial charge in [-0.2, -0.15) is 0 Å². The van der Waals surface area contributed by atoms with Crippen LogP contribution in [-0.4, -0.2) is 35.4 Å². The molecule has 0 saturated carbocycles. The van der Waals surface area contributed by atoms with E-state index in [1.807, 2.05) is 18.2 Å². The number of carbonyl (C=O) groups is 1. The average Bonchev–Trinajstić information content (AvgIpc) is 2.47. The van der Waals surface area contributed by atoms with Crippen LogP contribution >= 0.6 is 0 Å². The highest BCUT2D eigenvalue weighted by Crippen LogP contribution is 2.18. The van der Waals surface area contributed by atoms with Gasteiger partial charge in [0.05, 0.1) is 5.69 Å². The van der Waals surface area contributed by atoms with Gasteiger partial charge >= 0.3 is 0 Å². The Morgan fingerprint density at radius 3 is 2.85 bits per heavy atom. The van der Waals surface area contributed by atoms with Crippen LogP contribution in [0.2, 0.25) is 0 Å². The van der Waals surface area contributed by atoms with Crippen LogP contribution in [0.15, 0.2) is 18.2 Å². The van der Waals surface area contributed by atoms with E-state index in [9.17, 15) is 4.79 Å². The molecule has 20 heavy (non-hydrogen) atoms. The van der Waals surface area contributed by atoms with Gasteiger partial charge in [-0.25, -0.2) is 10.8 Å². The Bertz CT molecular complexity index is 443. The summed E-state index contributed by atoms with van der Waals surface area (Å²) in [6, 6.07) is 5.83. The minimum atomic E-state index is 0.0581. The lowest BCUT2D eigenvalue weighted by Crippen LogP contribution is -2.38. The molecule has 0 spiro atoms. The van der Waals surface area contributed by atoms with Crippen molar-refractivity contribution in [3.63, 3.8) is 0 Å². The summed E-state index contributed by atoms with van der Waals surface area (Å²) >= 11 is 0. The molecule has 2 rings (SSSR count). The van der Waals surface area contributed by atoms with Gasteiger partial charge in [0.15, 0.2) is 0 Å². The highest BCUT2D eigenvalue weighted by atomic mass is 16.1. The van der Waals surface area contributed by atoms with Crippen LogP contribution in [-0.2, 0) is 11.3 Å². The molecule has 1 aromatic heterocycles. The highest BCUT2D eigenvalue weighted by molar-refractivity contribution is 5.72. The first-order valence-electron chi connectivity index (χ1n) is 7.06. The number of rotatable bonds is 5. The summed E-state index contributed by atoms with van der Waals surface area (Å²) in [4.78, 5) is 17.7. The number of aromatic nitrogens is 1. The number of pyridine rings is 1. The number of hydrogen-bond acceptors (Lipinski definition) is 5. The fourth-order valence-corrected chi connectivity index (χ4v) is 2.51. The quantitative estimate of drug-likeness (QED) is 0.545. The number of hydrogen-bond donors (Lipinski definition) is 3. The summed E-state index contributed by atoms with van der Waals surface area (Å²) in [6.07, 6.45) is 2.24. The largest absolute Gasteiger partial charge is 0.356 e. The second-order valence-electron chi connectivity index (χ2n) is 5.32. The monoisotopic (exact) mass is 277 g/mol. The van der Waals surface area contributed by atoms with Crippen molar-refractivity contribution >= 4 is 11.7 Å². The summed E-state index contributed by atoms with van der Waals surface area (Å²) in [5.41, 5.74) is 3.60. The van der Waals surface area contributed by atoms with Crippen LogP contribution in [0.25, 0.3) is 0 Å². The fraction of sp³-hybridized carbons (Fsp3) is 0.571. The number of anilines is 1. The number of likely N-dealkylation sites (tertiary alicyclic amines) is 1. The average molecular weight is 277 g/mol. The van der Waals surface area contributed by atoms with Crippen molar-refractivity contribution in [1.29, 1.82) is 0 Å². The second kappa shape index (κ2) is 7.21. The zero-order valence-corrected chi connectivity index (χ0v) is 11.9. The molecule has 2 heterocycles. The lowest BCUT2D eigenvalue weighted by Gasteiger charge is -2.31. The van der Waals surface area contributed by atoms with Crippen molar-refractivity contribution in [3.8, 4) is 0 Å². The van der Waals surface area contributed by atoms with E-state index in [4.69, 9.17) is 5.84 Å². The molecule has 1 saturated heterocycles. The third-order valence-corrected chi connectivity index (χ3v) is 3.69. The topological polar surface area (TPSA) is 83.3 Å². The minimum Gasteiger partial charge on any atom is -0.356 e. The van der Waals surface area contributed by atoms with E-state index in [-0.39, 0.29) is 5.91 Å². The standard InChI is InChI=1S/C14H23N5O/c1-11(20)16-9-12-5-7-19(8-6-12)10-13-3-2-4-14(17-13)18-15/h2-4,12H,5-10,15H2,1H3,(H,16,20)(H,17,18). The first-order valence-corrected chi connectivity index (χ1v) is 7.06. The number of nitrogen functional groups attached to an aromatic ring is 1. The number of amides is 1. The van der Waals surface area contributed by atoms with Crippen molar-refractivity contribution in [3.05, 3.63) is 23.9 Å². The second-order valence-corrected chi connectivity index (χ2v) is 5.32. The van der Waals surface area contributed by atoms with Crippen LogP contribution in [0, 0.1) is 5.92 Å². The zero-order chi connectivity index (χ0) is 14.4. The third-order valence-electron chi connectivity index (χ3n) is 3.69. The molecular formula is C14H23N5O.